The predicted molar refractivity (Wildman–Crippen MR) is 118 cm³/mol. The fraction of sp³-hybridized carbons (Fsp3) is 0.174. The number of aryl methyl sites for hydroxylation is 1. The van der Waals surface area contributed by atoms with Crippen LogP contribution < -0.4 is 9.46 Å². The number of alkyl halides is 1. The van der Waals surface area contributed by atoms with Gasteiger partial charge in [0.05, 0.1) is 18.0 Å². The zero-order valence-corrected chi connectivity index (χ0v) is 18.2. The molecule has 5 nitrogen and oxygen atoms in total. The van der Waals surface area contributed by atoms with Crippen LogP contribution in [0.4, 0.5) is 0 Å². The van der Waals surface area contributed by atoms with Crippen molar-refractivity contribution in [3.05, 3.63) is 95.6 Å². The van der Waals surface area contributed by atoms with Crippen molar-refractivity contribution in [3.63, 3.8) is 0 Å². The molecule has 3 aromatic carbocycles. The Hall–Kier alpha value is -2.67. The minimum atomic E-state index is -3.91. The minimum Gasteiger partial charge on any atom is -0.497 e. The molecular formula is C23H22ClNO4S. The summed E-state index contributed by atoms with van der Waals surface area (Å²) < 4.78 is 33.8. The van der Waals surface area contributed by atoms with Crippen LogP contribution in [-0.4, -0.2) is 26.7 Å². The van der Waals surface area contributed by atoms with Gasteiger partial charge in [0.25, 0.3) is 0 Å². The molecule has 3 aromatic rings. The molecule has 0 spiro atoms. The van der Waals surface area contributed by atoms with Gasteiger partial charge in [-0.2, -0.15) is 0 Å². The molecule has 30 heavy (non-hydrogen) atoms. The maximum Gasteiger partial charge on any atom is 0.241 e. The number of nitrogens with one attached hydrogen (secondary N) is 1. The maximum absolute atomic E-state index is 13.1. The first-order valence-electron chi connectivity index (χ1n) is 9.28. The highest BCUT2D eigenvalue weighted by Crippen LogP contribution is 2.28. The van der Waals surface area contributed by atoms with Crippen LogP contribution in [0.2, 0.25) is 0 Å². The van der Waals surface area contributed by atoms with Crippen LogP contribution in [-0.2, 0) is 10.0 Å². The van der Waals surface area contributed by atoms with Gasteiger partial charge < -0.3 is 4.74 Å². The number of hydrogen-bond donors (Lipinski definition) is 1. The van der Waals surface area contributed by atoms with Crippen LogP contribution in [0.5, 0.6) is 5.75 Å². The summed E-state index contributed by atoms with van der Waals surface area (Å²) in [6.45, 7) is 1.87. The third-order valence-electron chi connectivity index (χ3n) is 4.67. The van der Waals surface area contributed by atoms with Gasteiger partial charge in [0.15, 0.2) is 5.78 Å². The number of Topliss-reactive ketones (excluding diaryl/α,β-unsaturated/α-hetero) is 1. The summed E-state index contributed by atoms with van der Waals surface area (Å²) >= 11 is 6.56. The molecule has 0 amide bonds. The summed E-state index contributed by atoms with van der Waals surface area (Å²) in [4.78, 5) is 13.2. The highest BCUT2D eigenvalue weighted by molar-refractivity contribution is 7.89. The van der Waals surface area contributed by atoms with Crippen LogP contribution in [0, 0.1) is 6.92 Å². The van der Waals surface area contributed by atoms with Gasteiger partial charge in [0.1, 0.15) is 11.1 Å². The van der Waals surface area contributed by atoms with Crippen molar-refractivity contribution in [1.29, 1.82) is 0 Å². The van der Waals surface area contributed by atoms with Crippen molar-refractivity contribution in [2.45, 2.75) is 23.2 Å². The molecule has 0 bridgehead atoms. The quantitative estimate of drug-likeness (QED) is 0.410. The van der Waals surface area contributed by atoms with Crippen LogP contribution in [0.1, 0.15) is 27.5 Å². The smallest absolute Gasteiger partial charge is 0.241 e. The number of halogens is 1. The standard InChI is InChI=1S/C23H22ClNO4S/c1-16-11-13-20(14-12-16)30(27,28)25-22(17-7-4-3-5-8-17)21(24)23(26)18-9-6-10-19(15-18)29-2/h3-15,21-22,25H,1-2H3/t21-,22-/m1/s1. The Labute approximate surface area is 181 Å². The molecule has 1 N–H and O–H groups in total. The van der Waals surface area contributed by atoms with E-state index in [-0.39, 0.29) is 4.90 Å². The molecule has 3 rings (SSSR count). The molecule has 0 radical (unpaired) electrons. The zero-order chi connectivity index (χ0) is 21.7. The lowest BCUT2D eigenvalue weighted by Crippen LogP contribution is -2.37. The molecule has 0 aliphatic heterocycles. The number of ether oxygens (including phenoxy) is 1. The van der Waals surface area contributed by atoms with Crippen molar-refractivity contribution in [3.8, 4) is 5.75 Å². The Morgan fingerprint density at radius 2 is 1.63 bits per heavy atom. The summed E-state index contributed by atoms with van der Waals surface area (Å²) in [5.74, 6) is 0.109. The van der Waals surface area contributed by atoms with E-state index in [1.54, 1.807) is 60.7 Å². The fourth-order valence-corrected chi connectivity index (χ4v) is 4.64. The number of rotatable bonds is 8. The number of carbonyl (C=O) groups excluding carboxylic acids is 1. The van der Waals surface area contributed by atoms with Gasteiger partial charge in [0.2, 0.25) is 10.0 Å². The lowest BCUT2D eigenvalue weighted by molar-refractivity contribution is 0.0976. The second-order valence-electron chi connectivity index (χ2n) is 6.82. The van der Waals surface area contributed by atoms with Gasteiger partial charge in [-0.25, -0.2) is 13.1 Å². The number of sulfonamides is 1. The molecule has 0 unspecified atom stereocenters. The predicted octanol–water partition coefficient (Wildman–Crippen LogP) is 4.51. The van der Waals surface area contributed by atoms with Gasteiger partial charge in [-0.05, 0) is 36.8 Å². The summed E-state index contributed by atoms with van der Waals surface area (Å²) in [6.07, 6.45) is 0. The second-order valence-corrected chi connectivity index (χ2v) is 9.00. The summed E-state index contributed by atoms with van der Waals surface area (Å²) in [5.41, 5.74) is 1.87. The average Bonchev–Trinajstić information content (AvgIpc) is 2.77. The van der Waals surface area contributed by atoms with Crippen molar-refractivity contribution >= 4 is 27.4 Å². The van der Waals surface area contributed by atoms with Gasteiger partial charge in [-0.3, -0.25) is 4.79 Å². The highest BCUT2D eigenvalue weighted by atomic mass is 35.5. The molecule has 0 fully saturated rings. The van der Waals surface area contributed by atoms with E-state index in [2.05, 4.69) is 4.72 Å². The van der Waals surface area contributed by atoms with Crippen molar-refractivity contribution in [1.82, 2.24) is 4.72 Å². The van der Waals surface area contributed by atoms with Crippen LogP contribution in [0.25, 0.3) is 0 Å². The Morgan fingerprint density at radius 1 is 0.967 bits per heavy atom. The van der Waals surface area contributed by atoms with Gasteiger partial charge in [-0.1, -0.05) is 60.2 Å². The van der Waals surface area contributed by atoms with E-state index in [9.17, 15) is 13.2 Å². The first-order valence-corrected chi connectivity index (χ1v) is 11.2. The zero-order valence-electron chi connectivity index (χ0n) is 16.6. The van der Waals surface area contributed by atoms with Gasteiger partial charge >= 0.3 is 0 Å². The molecule has 0 saturated carbocycles. The molecule has 2 atom stereocenters. The summed E-state index contributed by atoms with van der Waals surface area (Å²) in [5, 5.41) is -1.17. The third kappa shape index (κ3) is 5.08. The summed E-state index contributed by atoms with van der Waals surface area (Å²) in [7, 11) is -2.41. The minimum absolute atomic E-state index is 0.103. The molecule has 0 saturated heterocycles. The van der Waals surface area contributed by atoms with Gasteiger partial charge in [-0.15, -0.1) is 11.6 Å². The second kappa shape index (κ2) is 9.43. The molecule has 0 aliphatic carbocycles. The molecule has 0 aliphatic rings. The number of benzene rings is 3. The van der Waals surface area contributed by atoms with E-state index in [0.29, 0.717) is 16.9 Å². The van der Waals surface area contributed by atoms with Crippen LogP contribution in [0.15, 0.2) is 83.8 Å². The number of hydrogen-bond acceptors (Lipinski definition) is 4. The normalized spacial score (nSPS) is 13.4. The molecular weight excluding hydrogens is 422 g/mol. The van der Waals surface area contributed by atoms with E-state index in [4.69, 9.17) is 16.3 Å². The molecule has 7 heteroatoms. The lowest BCUT2D eigenvalue weighted by Gasteiger charge is -2.23. The van der Waals surface area contributed by atoms with E-state index >= 15 is 0 Å². The molecule has 156 valence electrons. The first-order chi connectivity index (χ1) is 14.3. The van der Waals surface area contributed by atoms with Gasteiger partial charge in [0, 0.05) is 5.56 Å². The van der Waals surface area contributed by atoms with Crippen molar-refractivity contribution < 1.29 is 17.9 Å². The van der Waals surface area contributed by atoms with Crippen molar-refractivity contribution in [2.75, 3.05) is 7.11 Å². The van der Waals surface area contributed by atoms with E-state index < -0.39 is 27.2 Å². The maximum atomic E-state index is 13.1. The largest absolute Gasteiger partial charge is 0.497 e. The Balaban J connectivity index is 1.96. The Morgan fingerprint density at radius 3 is 2.27 bits per heavy atom. The summed E-state index contributed by atoms with van der Waals surface area (Å²) in [6, 6.07) is 20.9. The van der Waals surface area contributed by atoms with E-state index in [1.165, 1.54) is 19.2 Å². The number of methoxy groups -OCH3 is 1. The molecule has 0 heterocycles. The fourth-order valence-electron chi connectivity index (χ4n) is 3.00. The average molecular weight is 444 g/mol. The van der Waals surface area contributed by atoms with Crippen LogP contribution in [0.3, 0.4) is 0 Å². The number of ketones is 1. The van der Waals surface area contributed by atoms with E-state index in [1.807, 2.05) is 13.0 Å². The Bertz CT molecular complexity index is 1120. The van der Waals surface area contributed by atoms with Crippen LogP contribution >= 0.6 is 11.6 Å². The monoisotopic (exact) mass is 443 g/mol. The van der Waals surface area contributed by atoms with Crippen molar-refractivity contribution in [2.24, 2.45) is 0 Å². The molecule has 0 aromatic heterocycles. The van der Waals surface area contributed by atoms with E-state index in [0.717, 1.165) is 5.56 Å². The topological polar surface area (TPSA) is 72.5 Å². The Kier molecular flexibility index (Phi) is 6.92. The highest BCUT2D eigenvalue weighted by Gasteiger charge is 2.32. The lowest BCUT2D eigenvalue weighted by atomic mass is 9.98. The first kappa shape index (κ1) is 22.0. The third-order valence-corrected chi connectivity index (χ3v) is 6.58. The SMILES string of the molecule is COc1cccc(C(=O)[C@H](Cl)[C@H](NS(=O)(=O)c2ccc(C)cc2)c2ccccc2)c1. The number of carbonyl (C=O) groups is 1.